The van der Waals surface area contributed by atoms with Gasteiger partial charge < -0.3 is 5.73 Å². The van der Waals surface area contributed by atoms with Crippen molar-refractivity contribution in [2.45, 2.75) is 0 Å². The maximum absolute atomic E-state index is 12.5. The van der Waals surface area contributed by atoms with Gasteiger partial charge in [0.1, 0.15) is 11.6 Å². The summed E-state index contributed by atoms with van der Waals surface area (Å²) in [5.41, 5.74) is 5.66. The number of halogens is 2. The van der Waals surface area contributed by atoms with Crippen LogP contribution in [0.4, 0.5) is 8.78 Å². The van der Waals surface area contributed by atoms with Crippen LogP contribution in [0.1, 0.15) is 6.99 Å². The fraction of sp³-hybridized carbons (Fsp3) is 0. The molecular formula is C8H9F2N. The van der Waals surface area contributed by atoms with Crippen LogP contribution in [0.5, 0.6) is 0 Å². The summed E-state index contributed by atoms with van der Waals surface area (Å²) in [4.78, 5) is 0. The molecule has 0 heterocycles. The predicted molar refractivity (Wildman–Crippen MR) is 41.7 cm³/mol. The molecule has 0 fully saturated rings. The van der Waals surface area contributed by atoms with Gasteiger partial charge in [-0.15, -0.1) is 0 Å². The Morgan fingerprint density at radius 2 is 1.73 bits per heavy atom. The topological polar surface area (TPSA) is 26.0 Å². The van der Waals surface area contributed by atoms with Gasteiger partial charge in [-0.05, 0) is 12.1 Å². The third-order valence-corrected chi connectivity index (χ3v) is 1.23. The molecule has 1 rings (SSSR count). The van der Waals surface area contributed by atoms with E-state index < -0.39 is 11.6 Å². The molecule has 0 aliphatic rings. The summed E-state index contributed by atoms with van der Waals surface area (Å²) in [5.74, 6) is -1.29. The van der Waals surface area contributed by atoms with E-state index >= 15 is 0 Å². The fourth-order valence-electron chi connectivity index (χ4n) is 0.739. The molecule has 1 nitrogen and oxygen atoms in total. The van der Waals surface area contributed by atoms with Gasteiger partial charge in [0.05, 0.1) is 0 Å². The molecule has 3 heteroatoms. The standard InChI is InChI=1S/C8H7F2N.H2/c1-5(11)6-2-7(9)4-8(10)3-6;/h2-4H,1,11H2;1H. The fourth-order valence-corrected chi connectivity index (χ4v) is 0.739. The molecule has 0 amide bonds. The molecule has 0 unspecified atom stereocenters. The second-order valence-electron chi connectivity index (χ2n) is 2.18. The summed E-state index contributed by atoms with van der Waals surface area (Å²) in [6.07, 6.45) is 0. The Kier molecular flexibility index (Phi) is 1.89. The molecule has 0 aliphatic heterocycles. The predicted octanol–water partition coefficient (Wildman–Crippen LogP) is 2.14. The Balaban J connectivity index is 0.00000121. The van der Waals surface area contributed by atoms with Crippen molar-refractivity contribution in [2.24, 2.45) is 5.73 Å². The third-order valence-electron chi connectivity index (χ3n) is 1.23. The van der Waals surface area contributed by atoms with Gasteiger partial charge in [-0.1, -0.05) is 6.58 Å². The van der Waals surface area contributed by atoms with Gasteiger partial charge >= 0.3 is 0 Å². The highest BCUT2D eigenvalue weighted by molar-refractivity contribution is 5.59. The van der Waals surface area contributed by atoms with Crippen molar-refractivity contribution in [2.75, 3.05) is 0 Å². The van der Waals surface area contributed by atoms with E-state index in [1.807, 2.05) is 0 Å². The highest BCUT2D eigenvalue weighted by Crippen LogP contribution is 2.11. The Bertz CT molecular complexity index is 279. The quantitative estimate of drug-likeness (QED) is 0.664. The summed E-state index contributed by atoms with van der Waals surface area (Å²) in [5, 5.41) is 0. The minimum atomic E-state index is -0.647. The Hall–Kier alpha value is -1.38. The molecule has 2 N–H and O–H groups in total. The van der Waals surface area contributed by atoms with Gasteiger partial charge in [-0.3, -0.25) is 0 Å². The van der Waals surface area contributed by atoms with Gasteiger partial charge in [-0.25, -0.2) is 8.78 Å². The SMILES string of the molecule is C=C(N)c1cc(F)cc(F)c1.[HH]. The van der Waals surface area contributed by atoms with Gasteiger partial charge in [0.15, 0.2) is 0 Å². The van der Waals surface area contributed by atoms with Crippen LogP contribution < -0.4 is 5.73 Å². The van der Waals surface area contributed by atoms with Gasteiger partial charge in [0, 0.05) is 18.8 Å². The van der Waals surface area contributed by atoms with E-state index in [9.17, 15) is 8.78 Å². The van der Waals surface area contributed by atoms with Gasteiger partial charge in [0.25, 0.3) is 0 Å². The lowest BCUT2D eigenvalue weighted by atomic mass is 10.2. The van der Waals surface area contributed by atoms with Crippen LogP contribution in [-0.2, 0) is 0 Å². The first-order valence-electron chi connectivity index (χ1n) is 3.00. The summed E-state index contributed by atoms with van der Waals surface area (Å²) in [6.45, 7) is 3.35. The van der Waals surface area contributed by atoms with Crippen LogP contribution in [0.2, 0.25) is 0 Å². The van der Waals surface area contributed by atoms with Crippen molar-refractivity contribution in [3.8, 4) is 0 Å². The zero-order chi connectivity index (χ0) is 8.43. The molecule has 0 aliphatic carbocycles. The van der Waals surface area contributed by atoms with Crippen molar-refractivity contribution in [3.63, 3.8) is 0 Å². The molecule has 1 aromatic rings. The molecule has 0 bridgehead atoms. The second kappa shape index (κ2) is 2.70. The second-order valence-corrected chi connectivity index (χ2v) is 2.18. The molecule has 0 saturated heterocycles. The highest BCUT2D eigenvalue weighted by Gasteiger charge is 2.00. The molecule has 0 spiro atoms. The maximum atomic E-state index is 12.5. The first kappa shape index (κ1) is 7.72. The molecule has 11 heavy (non-hydrogen) atoms. The molecule has 0 aromatic heterocycles. The smallest absolute Gasteiger partial charge is 0.126 e. The van der Waals surface area contributed by atoms with Crippen LogP contribution >= 0.6 is 0 Å². The van der Waals surface area contributed by atoms with Crippen LogP contribution in [0.3, 0.4) is 0 Å². The minimum absolute atomic E-state index is 0. The molecule has 0 radical (unpaired) electrons. The van der Waals surface area contributed by atoms with Gasteiger partial charge in [-0.2, -0.15) is 0 Å². The van der Waals surface area contributed by atoms with Crippen molar-refractivity contribution in [1.29, 1.82) is 0 Å². The lowest BCUT2D eigenvalue weighted by Gasteiger charge is -1.98. The summed E-state index contributed by atoms with van der Waals surface area (Å²) < 4.78 is 24.9. The lowest BCUT2D eigenvalue weighted by Crippen LogP contribution is -1.95. The molecule has 60 valence electrons. The van der Waals surface area contributed by atoms with E-state index in [-0.39, 0.29) is 12.7 Å². The van der Waals surface area contributed by atoms with Crippen molar-refractivity contribution in [3.05, 3.63) is 42.0 Å². The summed E-state index contributed by atoms with van der Waals surface area (Å²) >= 11 is 0. The van der Waals surface area contributed by atoms with E-state index in [1.165, 1.54) is 0 Å². The van der Waals surface area contributed by atoms with Crippen LogP contribution in [0.25, 0.3) is 5.70 Å². The maximum Gasteiger partial charge on any atom is 0.126 e. The zero-order valence-corrected chi connectivity index (χ0v) is 5.77. The molecule has 0 saturated carbocycles. The lowest BCUT2D eigenvalue weighted by molar-refractivity contribution is 0.582. The van der Waals surface area contributed by atoms with Crippen molar-refractivity contribution in [1.82, 2.24) is 0 Å². The monoisotopic (exact) mass is 157 g/mol. The van der Waals surface area contributed by atoms with Crippen LogP contribution in [0.15, 0.2) is 24.8 Å². The van der Waals surface area contributed by atoms with Crippen molar-refractivity contribution >= 4 is 5.70 Å². The summed E-state index contributed by atoms with van der Waals surface area (Å²) in [6, 6.07) is 3.04. The first-order valence-corrected chi connectivity index (χ1v) is 3.00. The van der Waals surface area contributed by atoms with E-state index in [0.29, 0.717) is 0 Å². The first-order chi connectivity index (χ1) is 5.09. The summed E-state index contributed by atoms with van der Waals surface area (Å²) in [7, 11) is 0. The van der Waals surface area contributed by atoms with E-state index in [2.05, 4.69) is 6.58 Å². The molecule has 1 aromatic carbocycles. The van der Waals surface area contributed by atoms with Crippen LogP contribution in [0, 0.1) is 11.6 Å². The third kappa shape index (κ3) is 1.77. The normalized spacial score (nSPS) is 9.64. The van der Waals surface area contributed by atoms with Gasteiger partial charge in [0.2, 0.25) is 0 Å². The average Bonchev–Trinajstić information content (AvgIpc) is 1.85. The molecule has 0 atom stereocenters. The van der Waals surface area contributed by atoms with Crippen LogP contribution in [-0.4, -0.2) is 0 Å². The Morgan fingerprint density at radius 1 is 1.27 bits per heavy atom. The van der Waals surface area contributed by atoms with E-state index in [1.54, 1.807) is 0 Å². The number of nitrogens with two attached hydrogens (primary N) is 1. The zero-order valence-electron chi connectivity index (χ0n) is 5.77. The minimum Gasteiger partial charge on any atom is -0.399 e. The molecular weight excluding hydrogens is 148 g/mol. The van der Waals surface area contributed by atoms with Crippen molar-refractivity contribution < 1.29 is 10.2 Å². The van der Waals surface area contributed by atoms with E-state index in [0.717, 1.165) is 18.2 Å². The average molecular weight is 157 g/mol. The number of hydrogen-bond acceptors (Lipinski definition) is 1. The Labute approximate surface area is 64.6 Å². The van der Waals surface area contributed by atoms with E-state index in [4.69, 9.17) is 5.73 Å². The number of hydrogen-bond donors (Lipinski definition) is 1. The number of rotatable bonds is 1. The largest absolute Gasteiger partial charge is 0.399 e. The highest BCUT2D eigenvalue weighted by atomic mass is 19.1. The Morgan fingerprint density at radius 3 is 2.09 bits per heavy atom. The number of benzene rings is 1.